The molecule has 8 heteroatoms. The zero-order valence-electron chi connectivity index (χ0n) is 18.2. The molecule has 1 saturated carbocycles. The van der Waals surface area contributed by atoms with Crippen LogP contribution in [0.4, 0.5) is 4.79 Å². The van der Waals surface area contributed by atoms with Gasteiger partial charge in [0.15, 0.2) is 11.5 Å². The number of ether oxygens (including phenoxy) is 3. The van der Waals surface area contributed by atoms with Crippen molar-refractivity contribution in [3.8, 4) is 17.6 Å². The molecule has 0 aromatic heterocycles. The zero-order chi connectivity index (χ0) is 22.9. The maximum atomic E-state index is 12.9. The highest BCUT2D eigenvalue weighted by Crippen LogP contribution is 2.31. The lowest BCUT2D eigenvalue weighted by molar-refractivity contribution is -0.125. The van der Waals surface area contributed by atoms with Gasteiger partial charge in [-0.3, -0.25) is 4.79 Å². The summed E-state index contributed by atoms with van der Waals surface area (Å²) in [6.07, 6.45) is 1.54. The first-order valence-electron chi connectivity index (χ1n) is 10.4. The van der Waals surface area contributed by atoms with Gasteiger partial charge < -0.3 is 24.8 Å². The SMILES string of the molecule is COc1ccc(C(C#N)NC(=O)[C@H]2CCC[C@H]2NC(=O)OCc2ccccc2)cc1OC. The lowest BCUT2D eigenvalue weighted by Gasteiger charge is -2.22. The number of hydrogen-bond donors (Lipinski definition) is 2. The van der Waals surface area contributed by atoms with E-state index in [0.29, 0.717) is 29.9 Å². The van der Waals surface area contributed by atoms with Crippen LogP contribution < -0.4 is 20.1 Å². The van der Waals surface area contributed by atoms with Crippen LogP contribution in [-0.4, -0.2) is 32.3 Å². The maximum absolute atomic E-state index is 12.9. The van der Waals surface area contributed by atoms with Crippen molar-refractivity contribution in [1.29, 1.82) is 5.26 Å². The van der Waals surface area contributed by atoms with E-state index in [-0.39, 0.29) is 18.6 Å². The summed E-state index contributed by atoms with van der Waals surface area (Å²) in [7, 11) is 3.03. The number of nitrogens with zero attached hydrogens (tertiary/aromatic N) is 1. The van der Waals surface area contributed by atoms with Crippen molar-refractivity contribution in [1.82, 2.24) is 10.6 Å². The van der Waals surface area contributed by atoms with Gasteiger partial charge in [0.25, 0.3) is 0 Å². The lowest BCUT2D eigenvalue weighted by Crippen LogP contribution is -2.44. The Labute approximate surface area is 187 Å². The van der Waals surface area contributed by atoms with Gasteiger partial charge in [0.05, 0.1) is 26.2 Å². The lowest BCUT2D eigenvalue weighted by atomic mass is 10.0. The summed E-state index contributed by atoms with van der Waals surface area (Å²) in [4.78, 5) is 25.2. The number of nitrogens with one attached hydrogen (secondary N) is 2. The minimum Gasteiger partial charge on any atom is -0.493 e. The zero-order valence-corrected chi connectivity index (χ0v) is 18.2. The summed E-state index contributed by atoms with van der Waals surface area (Å²) in [6, 6.07) is 15.4. The van der Waals surface area contributed by atoms with E-state index in [1.54, 1.807) is 18.2 Å². The Kier molecular flexibility index (Phi) is 7.92. The number of methoxy groups -OCH3 is 2. The molecule has 2 aromatic rings. The van der Waals surface area contributed by atoms with Crippen LogP contribution in [-0.2, 0) is 16.1 Å². The Hall–Kier alpha value is -3.73. The molecule has 1 fully saturated rings. The van der Waals surface area contributed by atoms with Crippen LogP contribution in [0.5, 0.6) is 11.5 Å². The van der Waals surface area contributed by atoms with Gasteiger partial charge in [-0.15, -0.1) is 0 Å². The first-order valence-corrected chi connectivity index (χ1v) is 10.4. The second-order valence-corrected chi connectivity index (χ2v) is 7.54. The monoisotopic (exact) mass is 437 g/mol. The molecule has 1 aliphatic rings. The first-order chi connectivity index (χ1) is 15.5. The van der Waals surface area contributed by atoms with Crippen LogP contribution in [0.3, 0.4) is 0 Å². The molecule has 0 spiro atoms. The van der Waals surface area contributed by atoms with E-state index >= 15 is 0 Å². The minimum absolute atomic E-state index is 0.159. The summed E-state index contributed by atoms with van der Waals surface area (Å²) in [5.74, 6) is 0.293. The summed E-state index contributed by atoms with van der Waals surface area (Å²) in [5, 5.41) is 15.2. The molecule has 3 atom stereocenters. The van der Waals surface area contributed by atoms with E-state index in [1.807, 2.05) is 30.3 Å². The van der Waals surface area contributed by atoms with Crippen LogP contribution in [0.25, 0.3) is 0 Å². The Balaban J connectivity index is 1.59. The maximum Gasteiger partial charge on any atom is 0.407 e. The van der Waals surface area contributed by atoms with Gasteiger partial charge in [-0.1, -0.05) is 42.8 Å². The molecule has 2 N–H and O–H groups in total. The number of hydrogen-bond acceptors (Lipinski definition) is 6. The van der Waals surface area contributed by atoms with Gasteiger partial charge >= 0.3 is 6.09 Å². The quantitative estimate of drug-likeness (QED) is 0.654. The molecule has 0 heterocycles. The van der Waals surface area contributed by atoms with Crippen molar-refractivity contribution >= 4 is 12.0 Å². The van der Waals surface area contributed by atoms with Gasteiger partial charge in [-0.25, -0.2) is 4.79 Å². The molecule has 168 valence electrons. The highest BCUT2D eigenvalue weighted by Gasteiger charge is 2.35. The molecule has 1 aliphatic carbocycles. The third-order valence-electron chi connectivity index (χ3n) is 5.53. The number of nitriles is 1. The molecule has 1 unspecified atom stereocenters. The van der Waals surface area contributed by atoms with Crippen molar-refractivity contribution in [3.63, 3.8) is 0 Å². The molecule has 0 saturated heterocycles. The molecule has 0 bridgehead atoms. The molecular formula is C24H27N3O5. The number of carbonyl (C=O) groups is 2. The third kappa shape index (κ3) is 5.70. The van der Waals surface area contributed by atoms with E-state index in [9.17, 15) is 14.9 Å². The van der Waals surface area contributed by atoms with E-state index in [4.69, 9.17) is 14.2 Å². The number of benzene rings is 2. The predicted octanol–water partition coefficient (Wildman–Crippen LogP) is 3.48. The van der Waals surface area contributed by atoms with Crippen LogP contribution in [0.2, 0.25) is 0 Å². The van der Waals surface area contributed by atoms with Crippen molar-refractivity contribution in [2.24, 2.45) is 5.92 Å². The van der Waals surface area contributed by atoms with Gasteiger partial charge in [0.1, 0.15) is 12.6 Å². The first kappa shape index (κ1) is 22.9. The fourth-order valence-electron chi connectivity index (χ4n) is 3.83. The average molecular weight is 437 g/mol. The minimum atomic E-state index is -0.853. The van der Waals surface area contributed by atoms with Crippen molar-refractivity contribution in [2.75, 3.05) is 14.2 Å². The Morgan fingerprint density at radius 2 is 1.84 bits per heavy atom. The number of alkyl carbamates (subject to hydrolysis) is 1. The standard InChI is InChI=1S/C24H27N3O5/c1-30-21-12-11-17(13-22(21)31-2)20(14-25)26-23(28)18-9-6-10-19(18)27-24(29)32-15-16-7-4-3-5-8-16/h3-5,7-8,11-13,18-20H,6,9-10,15H2,1-2H3,(H,26,28)(H,27,29)/t18-,19+,20?/m0/s1. The summed E-state index contributed by atoms with van der Waals surface area (Å²) >= 11 is 0. The van der Waals surface area contributed by atoms with E-state index in [2.05, 4.69) is 16.7 Å². The molecule has 0 radical (unpaired) electrons. The third-order valence-corrected chi connectivity index (χ3v) is 5.53. The van der Waals surface area contributed by atoms with Crippen molar-refractivity contribution in [2.45, 2.75) is 38.0 Å². The molecule has 2 amide bonds. The van der Waals surface area contributed by atoms with Crippen LogP contribution in [0.1, 0.15) is 36.4 Å². The Morgan fingerprint density at radius 1 is 1.09 bits per heavy atom. The fraction of sp³-hybridized carbons (Fsp3) is 0.375. The average Bonchev–Trinajstić information content (AvgIpc) is 3.29. The van der Waals surface area contributed by atoms with Gasteiger partial charge in [-0.2, -0.15) is 5.26 Å². The van der Waals surface area contributed by atoms with Gasteiger partial charge in [0.2, 0.25) is 5.91 Å². The normalized spacial score (nSPS) is 18.2. The highest BCUT2D eigenvalue weighted by molar-refractivity contribution is 5.81. The number of amides is 2. The Morgan fingerprint density at radius 3 is 2.53 bits per heavy atom. The highest BCUT2D eigenvalue weighted by atomic mass is 16.5. The smallest absolute Gasteiger partial charge is 0.407 e. The van der Waals surface area contributed by atoms with Crippen LogP contribution in [0, 0.1) is 17.2 Å². The van der Waals surface area contributed by atoms with Crippen LogP contribution in [0.15, 0.2) is 48.5 Å². The number of carbonyl (C=O) groups excluding carboxylic acids is 2. The second-order valence-electron chi connectivity index (χ2n) is 7.54. The van der Waals surface area contributed by atoms with E-state index in [1.165, 1.54) is 14.2 Å². The second kappa shape index (κ2) is 11.0. The van der Waals surface area contributed by atoms with Crippen molar-refractivity contribution < 1.29 is 23.8 Å². The number of rotatable bonds is 8. The predicted molar refractivity (Wildman–Crippen MR) is 117 cm³/mol. The van der Waals surface area contributed by atoms with Gasteiger partial charge in [-0.05, 0) is 36.1 Å². The molecule has 32 heavy (non-hydrogen) atoms. The summed E-state index contributed by atoms with van der Waals surface area (Å²) < 4.78 is 15.8. The van der Waals surface area contributed by atoms with Crippen LogP contribution >= 0.6 is 0 Å². The molecule has 8 nitrogen and oxygen atoms in total. The molecule has 2 aromatic carbocycles. The summed E-state index contributed by atoms with van der Waals surface area (Å²) in [5.41, 5.74) is 1.47. The molecule has 3 rings (SSSR count). The van der Waals surface area contributed by atoms with E-state index in [0.717, 1.165) is 12.0 Å². The fourth-order valence-corrected chi connectivity index (χ4v) is 3.83. The molecular weight excluding hydrogens is 410 g/mol. The van der Waals surface area contributed by atoms with Crippen molar-refractivity contribution in [3.05, 3.63) is 59.7 Å². The van der Waals surface area contributed by atoms with Gasteiger partial charge in [0, 0.05) is 6.04 Å². The summed E-state index contributed by atoms with van der Waals surface area (Å²) in [6.45, 7) is 0.159. The largest absolute Gasteiger partial charge is 0.493 e. The Bertz CT molecular complexity index is 973. The van der Waals surface area contributed by atoms with E-state index < -0.39 is 18.1 Å². The molecule has 0 aliphatic heterocycles. The topological polar surface area (TPSA) is 110 Å².